The summed E-state index contributed by atoms with van der Waals surface area (Å²) in [5, 5.41) is 17.0. The number of rotatable bonds is 16. The maximum Gasteiger partial charge on any atom is 0.169 e. The standard InChI is InChI=1S/C42H46O2S2/c1-3-5-7-9-11-13-21-43-39-37-25-31-17-15-29-19-23-45-41(29)33(31)27-35(37)36-28-34-32(18-16-30-20-24-46-42(30)34)26-38(36)40(39)44-22-14-12-10-8-6-4-2/h15-20,23-28H,3-14,21-22H2,1-2H3. The van der Waals surface area contributed by atoms with Crippen molar-refractivity contribution in [1.82, 2.24) is 0 Å². The molecule has 2 heterocycles. The van der Waals surface area contributed by atoms with Crippen molar-refractivity contribution >= 4 is 85.9 Å². The predicted octanol–water partition coefficient (Wildman–Crippen LogP) is 14.2. The molecule has 238 valence electrons. The summed E-state index contributed by atoms with van der Waals surface area (Å²) in [6.07, 6.45) is 14.9. The summed E-state index contributed by atoms with van der Waals surface area (Å²) in [5.74, 6) is 1.85. The van der Waals surface area contributed by atoms with E-state index in [2.05, 4.69) is 85.3 Å². The molecule has 0 saturated heterocycles. The van der Waals surface area contributed by atoms with Crippen LogP contribution in [0.25, 0.3) is 63.3 Å². The molecule has 2 aromatic heterocycles. The first-order valence-electron chi connectivity index (χ1n) is 17.7. The van der Waals surface area contributed by atoms with Crippen LogP contribution in [0, 0.1) is 0 Å². The van der Waals surface area contributed by atoms with Crippen LogP contribution >= 0.6 is 22.7 Å². The summed E-state index contributed by atoms with van der Waals surface area (Å²) in [4.78, 5) is 0. The van der Waals surface area contributed by atoms with Gasteiger partial charge in [0.05, 0.1) is 13.2 Å². The first kappa shape index (κ1) is 31.3. The first-order valence-corrected chi connectivity index (χ1v) is 19.4. The molecule has 0 amide bonds. The van der Waals surface area contributed by atoms with Crippen LogP contribution in [0.5, 0.6) is 11.5 Å². The highest BCUT2D eigenvalue weighted by molar-refractivity contribution is 7.18. The minimum Gasteiger partial charge on any atom is -0.489 e. The van der Waals surface area contributed by atoms with Gasteiger partial charge in [-0.05, 0) is 92.3 Å². The van der Waals surface area contributed by atoms with E-state index in [9.17, 15) is 0 Å². The molecule has 7 aromatic rings. The Morgan fingerprint density at radius 3 is 1.28 bits per heavy atom. The van der Waals surface area contributed by atoms with Crippen molar-refractivity contribution in [1.29, 1.82) is 0 Å². The quantitative estimate of drug-likeness (QED) is 0.0591. The Kier molecular flexibility index (Phi) is 9.93. The fourth-order valence-electron chi connectivity index (χ4n) is 7.07. The number of ether oxygens (including phenoxy) is 2. The highest BCUT2D eigenvalue weighted by atomic mass is 32.1. The summed E-state index contributed by atoms with van der Waals surface area (Å²) < 4.78 is 16.4. The van der Waals surface area contributed by atoms with Gasteiger partial charge >= 0.3 is 0 Å². The van der Waals surface area contributed by atoms with Crippen molar-refractivity contribution in [2.75, 3.05) is 13.2 Å². The zero-order valence-electron chi connectivity index (χ0n) is 27.5. The summed E-state index contributed by atoms with van der Waals surface area (Å²) in [6, 6.07) is 23.1. The molecule has 0 aliphatic carbocycles. The van der Waals surface area contributed by atoms with Gasteiger partial charge in [-0.25, -0.2) is 0 Å². The molecule has 2 nitrogen and oxygen atoms in total. The van der Waals surface area contributed by atoms with E-state index >= 15 is 0 Å². The summed E-state index contributed by atoms with van der Waals surface area (Å²) in [5.41, 5.74) is 0. The minimum absolute atomic E-state index is 0.714. The maximum atomic E-state index is 6.85. The van der Waals surface area contributed by atoms with Crippen LogP contribution in [0.2, 0.25) is 0 Å². The Hall–Kier alpha value is -3.34. The van der Waals surface area contributed by atoms with Gasteiger partial charge in [-0.1, -0.05) is 102 Å². The second-order valence-corrected chi connectivity index (χ2v) is 14.8. The molecule has 7 rings (SSSR count). The van der Waals surface area contributed by atoms with Gasteiger partial charge in [-0.3, -0.25) is 0 Å². The normalized spacial score (nSPS) is 12.0. The Labute approximate surface area is 281 Å². The Bertz CT molecular complexity index is 1950. The van der Waals surface area contributed by atoms with Crippen LogP contribution in [0.4, 0.5) is 0 Å². The monoisotopic (exact) mass is 646 g/mol. The molecular formula is C42H46O2S2. The van der Waals surface area contributed by atoms with E-state index in [0.29, 0.717) is 13.2 Å². The average molecular weight is 647 g/mol. The van der Waals surface area contributed by atoms with Crippen molar-refractivity contribution in [2.24, 2.45) is 0 Å². The molecule has 4 heteroatoms. The predicted molar refractivity (Wildman–Crippen MR) is 205 cm³/mol. The maximum absolute atomic E-state index is 6.85. The number of benzene rings is 5. The summed E-state index contributed by atoms with van der Waals surface area (Å²) in [7, 11) is 0. The molecule has 0 aliphatic rings. The van der Waals surface area contributed by atoms with Crippen LogP contribution in [0.1, 0.15) is 90.9 Å². The van der Waals surface area contributed by atoms with Gasteiger partial charge in [0, 0.05) is 30.9 Å². The second-order valence-electron chi connectivity index (χ2n) is 12.9. The van der Waals surface area contributed by atoms with Gasteiger partial charge < -0.3 is 9.47 Å². The molecule has 0 radical (unpaired) electrons. The van der Waals surface area contributed by atoms with Crippen molar-refractivity contribution in [3.8, 4) is 11.5 Å². The molecule has 0 saturated carbocycles. The van der Waals surface area contributed by atoms with E-state index in [-0.39, 0.29) is 0 Å². The first-order chi connectivity index (χ1) is 22.8. The van der Waals surface area contributed by atoms with Gasteiger partial charge in [-0.15, -0.1) is 22.7 Å². The molecule has 46 heavy (non-hydrogen) atoms. The van der Waals surface area contributed by atoms with Crippen LogP contribution < -0.4 is 9.47 Å². The lowest BCUT2D eigenvalue weighted by Crippen LogP contribution is -2.04. The summed E-state index contributed by atoms with van der Waals surface area (Å²) >= 11 is 3.67. The van der Waals surface area contributed by atoms with Gasteiger partial charge in [-0.2, -0.15) is 0 Å². The van der Waals surface area contributed by atoms with E-state index < -0.39 is 0 Å². The van der Waals surface area contributed by atoms with Crippen molar-refractivity contribution in [3.63, 3.8) is 0 Å². The fraction of sp³-hybridized carbons (Fsp3) is 0.381. The molecule has 0 N–H and O–H groups in total. The smallest absolute Gasteiger partial charge is 0.169 e. The lowest BCUT2D eigenvalue weighted by atomic mass is 9.93. The third-order valence-corrected chi connectivity index (χ3v) is 11.5. The number of hydrogen-bond acceptors (Lipinski definition) is 4. The fourth-order valence-corrected chi connectivity index (χ4v) is 8.92. The zero-order valence-corrected chi connectivity index (χ0v) is 29.1. The highest BCUT2D eigenvalue weighted by Crippen LogP contribution is 2.48. The lowest BCUT2D eigenvalue weighted by molar-refractivity contribution is 0.263. The van der Waals surface area contributed by atoms with Crippen LogP contribution in [-0.4, -0.2) is 13.2 Å². The number of fused-ring (bicyclic) bond motifs is 9. The van der Waals surface area contributed by atoms with E-state index in [0.717, 1.165) is 35.1 Å². The highest BCUT2D eigenvalue weighted by Gasteiger charge is 2.20. The SMILES string of the molecule is CCCCCCCCOc1c(OCCCCCCCC)c2cc3ccc4ccsc4c3cc2c2cc3c(ccc4ccsc43)cc12. The van der Waals surface area contributed by atoms with E-state index in [4.69, 9.17) is 9.47 Å². The van der Waals surface area contributed by atoms with Crippen molar-refractivity contribution in [3.05, 3.63) is 71.4 Å². The van der Waals surface area contributed by atoms with Crippen LogP contribution in [0.15, 0.2) is 71.4 Å². The topological polar surface area (TPSA) is 18.5 Å². The Morgan fingerprint density at radius 1 is 0.413 bits per heavy atom. The molecule has 0 aliphatic heterocycles. The third-order valence-electron chi connectivity index (χ3n) is 9.62. The van der Waals surface area contributed by atoms with E-state index in [1.54, 1.807) is 0 Å². The molecule has 0 unspecified atom stereocenters. The Morgan fingerprint density at radius 2 is 0.826 bits per heavy atom. The van der Waals surface area contributed by atoms with Gasteiger partial charge in [0.1, 0.15) is 0 Å². The number of thiophene rings is 2. The van der Waals surface area contributed by atoms with Gasteiger partial charge in [0.25, 0.3) is 0 Å². The summed E-state index contributed by atoms with van der Waals surface area (Å²) in [6.45, 7) is 5.98. The lowest BCUT2D eigenvalue weighted by Gasteiger charge is -2.20. The molecule has 5 aromatic carbocycles. The average Bonchev–Trinajstić information content (AvgIpc) is 3.77. The molecule has 0 fully saturated rings. The van der Waals surface area contributed by atoms with Crippen molar-refractivity contribution in [2.45, 2.75) is 90.9 Å². The van der Waals surface area contributed by atoms with Crippen molar-refractivity contribution < 1.29 is 9.47 Å². The van der Waals surface area contributed by atoms with Crippen LogP contribution in [0.3, 0.4) is 0 Å². The third kappa shape index (κ3) is 6.31. The van der Waals surface area contributed by atoms with Crippen LogP contribution in [-0.2, 0) is 0 Å². The number of hydrogen-bond donors (Lipinski definition) is 0. The molecule has 0 atom stereocenters. The minimum atomic E-state index is 0.714. The largest absolute Gasteiger partial charge is 0.489 e. The number of unbranched alkanes of at least 4 members (excludes halogenated alkanes) is 10. The molecular weight excluding hydrogens is 601 g/mol. The van der Waals surface area contributed by atoms with Gasteiger partial charge in [0.15, 0.2) is 11.5 Å². The zero-order chi connectivity index (χ0) is 31.3. The molecule has 0 spiro atoms. The van der Waals surface area contributed by atoms with Gasteiger partial charge in [0.2, 0.25) is 0 Å². The van der Waals surface area contributed by atoms with E-state index in [1.807, 2.05) is 22.7 Å². The van der Waals surface area contributed by atoms with E-state index in [1.165, 1.54) is 117 Å². The Balaban J connectivity index is 1.38. The second kappa shape index (κ2) is 14.6. The molecule has 0 bridgehead atoms.